The first kappa shape index (κ1) is 22.6. The van der Waals surface area contributed by atoms with Crippen LogP contribution in [0.15, 0.2) is 45.6 Å². The summed E-state index contributed by atoms with van der Waals surface area (Å²) in [7, 11) is 0. The molecule has 0 amide bonds. The molecule has 3 N–H and O–H groups in total. The van der Waals surface area contributed by atoms with Crippen molar-refractivity contribution in [3.05, 3.63) is 40.6 Å². The van der Waals surface area contributed by atoms with Gasteiger partial charge in [0.15, 0.2) is 0 Å². The fraction of sp³-hybridized carbons (Fsp3) is 0.542. The first-order valence-corrected chi connectivity index (χ1v) is 11.9. The van der Waals surface area contributed by atoms with Gasteiger partial charge in [0, 0.05) is 41.2 Å². The van der Waals surface area contributed by atoms with Crippen LogP contribution < -0.4 is 10.2 Å². The summed E-state index contributed by atoms with van der Waals surface area (Å²) in [5.41, 5.74) is 3.86. The van der Waals surface area contributed by atoms with E-state index in [1.54, 1.807) is 11.8 Å². The highest BCUT2D eigenvalue weighted by atomic mass is 32.2. The number of nitrogens with one attached hydrogen (secondary N) is 1. The minimum Gasteiger partial charge on any atom is -0.510 e. The van der Waals surface area contributed by atoms with Crippen molar-refractivity contribution in [3.8, 4) is 5.75 Å². The lowest BCUT2D eigenvalue weighted by Crippen LogP contribution is -2.41. The second kappa shape index (κ2) is 9.38. The number of hydrogen-bond donors (Lipinski definition) is 3. The SMILES string of the molecule is CC/C=C(/O)C1CSC2=C(CC(C)(C)C/C2=N\c2ccc(N(CC)CC)cc2O)N1. The molecule has 5 nitrogen and oxygen atoms in total. The molecular weight excluding hydrogens is 394 g/mol. The Bertz CT molecular complexity index is 869. The number of aliphatic imine (C=N–C) groups is 1. The summed E-state index contributed by atoms with van der Waals surface area (Å²) in [5, 5.41) is 24.5. The van der Waals surface area contributed by atoms with E-state index in [0.29, 0.717) is 11.4 Å². The number of anilines is 1. The van der Waals surface area contributed by atoms with Crippen LogP contribution in [0, 0.1) is 5.41 Å². The van der Waals surface area contributed by atoms with Gasteiger partial charge in [-0.05, 0) is 56.7 Å². The lowest BCUT2D eigenvalue weighted by Gasteiger charge is -2.39. The molecule has 0 bridgehead atoms. The quantitative estimate of drug-likeness (QED) is 0.491. The van der Waals surface area contributed by atoms with Crippen LogP contribution >= 0.6 is 11.8 Å². The molecule has 3 rings (SSSR count). The van der Waals surface area contributed by atoms with Gasteiger partial charge in [-0.1, -0.05) is 20.8 Å². The number of aliphatic hydroxyl groups excluding tert-OH is 1. The number of benzene rings is 1. The van der Waals surface area contributed by atoms with E-state index in [4.69, 9.17) is 4.99 Å². The Balaban J connectivity index is 1.94. The van der Waals surface area contributed by atoms with Crippen LogP contribution in [0.2, 0.25) is 0 Å². The van der Waals surface area contributed by atoms with Crippen LogP contribution in [0.25, 0.3) is 0 Å². The second-order valence-electron chi connectivity index (χ2n) is 8.77. The van der Waals surface area contributed by atoms with E-state index in [-0.39, 0.29) is 17.2 Å². The maximum atomic E-state index is 10.6. The average molecular weight is 430 g/mol. The lowest BCUT2D eigenvalue weighted by molar-refractivity contribution is 0.331. The van der Waals surface area contributed by atoms with E-state index in [9.17, 15) is 10.2 Å². The Morgan fingerprint density at radius 2 is 2.00 bits per heavy atom. The monoisotopic (exact) mass is 429 g/mol. The van der Waals surface area contributed by atoms with E-state index >= 15 is 0 Å². The predicted molar refractivity (Wildman–Crippen MR) is 129 cm³/mol. The second-order valence-corrected chi connectivity index (χ2v) is 9.80. The molecule has 0 saturated heterocycles. The lowest BCUT2D eigenvalue weighted by atomic mass is 9.78. The third-order valence-corrected chi connectivity index (χ3v) is 6.96. The molecule has 0 saturated carbocycles. The normalized spacial score (nSPS) is 22.6. The highest BCUT2D eigenvalue weighted by Crippen LogP contribution is 2.44. The number of phenolic OH excluding ortho intramolecular Hbond substituents is 1. The minimum atomic E-state index is -0.0504. The standard InChI is InChI=1S/C24H35N3O2S/c1-6-9-21(28)20-15-30-23-18(13-24(4,5)14-19(23)26-20)25-17-11-10-16(12-22(17)29)27(7-2)8-3/h9-12,20,26,28-29H,6-8,13-15H2,1-5H3/b21-9+,25-18+. The van der Waals surface area contributed by atoms with Crippen molar-refractivity contribution in [3.63, 3.8) is 0 Å². The van der Waals surface area contributed by atoms with Crippen molar-refractivity contribution in [1.82, 2.24) is 5.32 Å². The topological polar surface area (TPSA) is 68.1 Å². The smallest absolute Gasteiger partial charge is 0.143 e. The number of allylic oxidation sites excluding steroid dienone is 3. The molecule has 1 aromatic rings. The van der Waals surface area contributed by atoms with E-state index in [1.807, 2.05) is 31.2 Å². The summed E-state index contributed by atoms with van der Waals surface area (Å²) in [5.74, 6) is 1.41. The van der Waals surface area contributed by atoms with Gasteiger partial charge in [-0.3, -0.25) is 0 Å². The summed E-state index contributed by atoms with van der Waals surface area (Å²) in [6, 6.07) is 5.71. The molecule has 0 fully saturated rings. The van der Waals surface area contributed by atoms with E-state index < -0.39 is 0 Å². The largest absolute Gasteiger partial charge is 0.510 e. The number of phenols is 1. The first-order valence-electron chi connectivity index (χ1n) is 10.9. The molecule has 0 aromatic heterocycles. The third kappa shape index (κ3) is 4.97. The first-order chi connectivity index (χ1) is 14.3. The van der Waals surface area contributed by atoms with Crippen molar-refractivity contribution in [2.24, 2.45) is 10.4 Å². The Morgan fingerprint density at radius 1 is 1.27 bits per heavy atom. The Labute approximate surface area is 185 Å². The van der Waals surface area contributed by atoms with Gasteiger partial charge in [0.05, 0.1) is 11.8 Å². The van der Waals surface area contributed by atoms with Crippen LogP contribution in [0.1, 0.15) is 53.9 Å². The molecular formula is C24H35N3O2S. The number of rotatable bonds is 6. The van der Waals surface area contributed by atoms with Gasteiger partial charge in [0.1, 0.15) is 17.2 Å². The Hall–Kier alpha value is -2.08. The summed E-state index contributed by atoms with van der Waals surface area (Å²) in [4.78, 5) is 8.28. The number of hydrogen-bond acceptors (Lipinski definition) is 6. The van der Waals surface area contributed by atoms with Crippen molar-refractivity contribution >= 4 is 28.8 Å². The van der Waals surface area contributed by atoms with Crippen molar-refractivity contribution in [1.29, 1.82) is 0 Å². The number of aromatic hydroxyl groups is 1. The molecule has 30 heavy (non-hydrogen) atoms. The summed E-state index contributed by atoms with van der Waals surface area (Å²) in [6.45, 7) is 12.5. The zero-order valence-corrected chi connectivity index (χ0v) is 19.6. The highest BCUT2D eigenvalue weighted by molar-refractivity contribution is 8.04. The highest BCUT2D eigenvalue weighted by Gasteiger charge is 2.36. The van der Waals surface area contributed by atoms with Crippen molar-refractivity contribution in [2.45, 2.75) is 59.9 Å². The predicted octanol–water partition coefficient (Wildman–Crippen LogP) is 5.90. The van der Waals surface area contributed by atoms with Crippen LogP contribution in [0.5, 0.6) is 5.75 Å². The van der Waals surface area contributed by atoms with Crippen molar-refractivity contribution in [2.75, 3.05) is 23.7 Å². The molecule has 6 heteroatoms. The van der Waals surface area contributed by atoms with Gasteiger partial charge in [0.2, 0.25) is 0 Å². The number of thioether (sulfide) groups is 1. The van der Waals surface area contributed by atoms with E-state index in [1.165, 1.54) is 4.91 Å². The Morgan fingerprint density at radius 3 is 2.63 bits per heavy atom. The van der Waals surface area contributed by atoms with Gasteiger partial charge in [0.25, 0.3) is 0 Å². The Kier molecular flexibility index (Phi) is 7.06. The van der Waals surface area contributed by atoms with Gasteiger partial charge in [-0.25, -0.2) is 4.99 Å². The molecule has 1 aromatic carbocycles. The van der Waals surface area contributed by atoms with Crippen LogP contribution in [0.4, 0.5) is 11.4 Å². The molecule has 1 atom stereocenters. The summed E-state index contributed by atoms with van der Waals surface area (Å²) < 4.78 is 0. The molecule has 1 heterocycles. The molecule has 0 radical (unpaired) electrons. The average Bonchev–Trinajstić information content (AvgIpc) is 2.69. The molecule has 1 aliphatic carbocycles. The van der Waals surface area contributed by atoms with Gasteiger partial charge >= 0.3 is 0 Å². The third-order valence-electron chi connectivity index (χ3n) is 5.69. The maximum absolute atomic E-state index is 10.6. The zero-order chi connectivity index (χ0) is 21.9. The van der Waals surface area contributed by atoms with Gasteiger partial charge in [-0.15, -0.1) is 11.8 Å². The molecule has 1 aliphatic heterocycles. The molecule has 0 spiro atoms. The number of nitrogens with zero attached hydrogens (tertiary/aromatic N) is 2. The molecule has 164 valence electrons. The van der Waals surface area contributed by atoms with Crippen LogP contribution in [0.3, 0.4) is 0 Å². The van der Waals surface area contributed by atoms with Gasteiger partial charge < -0.3 is 20.4 Å². The van der Waals surface area contributed by atoms with Crippen LogP contribution in [-0.2, 0) is 0 Å². The molecule has 2 aliphatic rings. The molecule has 1 unspecified atom stereocenters. The van der Waals surface area contributed by atoms with E-state index in [2.05, 4.69) is 37.9 Å². The fourth-order valence-electron chi connectivity index (χ4n) is 4.17. The zero-order valence-electron chi connectivity index (χ0n) is 18.8. The van der Waals surface area contributed by atoms with Gasteiger partial charge in [-0.2, -0.15) is 0 Å². The minimum absolute atomic E-state index is 0.0504. The van der Waals surface area contributed by atoms with Crippen molar-refractivity contribution < 1.29 is 10.2 Å². The van der Waals surface area contributed by atoms with Crippen LogP contribution in [-0.4, -0.2) is 40.8 Å². The maximum Gasteiger partial charge on any atom is 0.143 e. The fourth-order valence-corrected chi connectivity index (χ4v) is 5.35. The van der Waals surface area contributed by atoms with E-state index in [0.717, 1.165) is 55.2 Å². The summed E-state index contributed by atoms with van der Waals surface area (Å²) in [6.07, 6.45) is 4.49. The summed E-state index contributed by atoms with van der Waals surface area (Å²) >= 11 is 1.75. The number of aliphatic hydroxyl groups is 1.